The Kier molecular flexibility index (Phi) is 4.93. The topological polar surface area (TPSA) is 52.9 Å². The zero-order valence-electron chi connectivity index (χ0n) is 15.6. The van der Waals surface area contributed by atoms with Gasteiger partial charge in [-0.2, -0.15) is 0 Å². The molecule has 2 aromatic rings. The number of rotatable bonds is 3. The summed E-state index contributed by atoms with van der Waals surface area (Å²) in [6, 6.07) is 12.0. The van der Waals surface area contributed by atoms with Crippen molar-refractivity contribution in [1.82, 2.24) is 4.90 Å². The highest BCUT2D eigenvalue weighted by Crippen LogP contribution is 2.44. The van der Waals surface area contributed by atoms with Crippen LogP contribution in [-0.2, 0) is 0 Å². The summed E-state index contributed by atoms with van der Waals surface area (Å²) >= 11 is 0. The Balaban J connectivity index is 1.39. The molecule has 0 amide bonds. The summed E-state index contributed by atoms with van der Waals surface area (Å²) in [5, 5.41) is 21.0. The molecule has 4 rings (SSSR count). The molecule has 0 unspecified atom stereocenters. The summed E-state index contributed by atoms with van der Waals surface area (Å²) < 4.78 is 19.4. The number of halogens is 1. The summed E-state index contributed by atoms with van der Waals surface area (Å²) in [4.78, 5) is 2.21. The van der Waals surface area contributed by atoms with Crippen LogP contribution < -0.4 is 4.74 Å². The van der Waals surface area contributed by atoms with Crippen LogP contribution in [0.2, 0.25) is 0 Å². The van der Waals surface area contributed by atoms with Crippen LogP contribution in [0.4, 0.5) is 4.39 Å². The number of hydrogen-bond donors (Lipinski definition) is 2. The van der Waals surface area contributed by atoms with Gasteiger partial charge in [0.05, 0.1) is 12.2 Å². The van der Waals surface area contributed by atoms with Crippen LogP contribution in [-0.4, -0.2) is 40.3 Å². The molecule has 144 valence electrons. The molecule has 5 heteroatoms. The van der Waals surface area contributed by atoms with Crippen molar-refractivity contribution < 1.29 is 19.3 Å². The van der Waals surface area contributed by atoms with Crippen molar-refractivity contribution >= 4 is 0 Å². The van der Waals surface area contributed by atoms with E-state index in [1.54, 1.807) is 12.1 Å². The maximum Gasteiger partial charge on any atom is 0.125 e. The van der Waals surface area contributed by atoms with Crippen molar-refractivity contribution in [2.75, 3.05) is 19.6 Å². The molecule has 1 saturated heterocycles. The van der Waals surface area contributed by atoms with E-state index in [4.69, 9.17) is 4.74 Å². The molecule has 0 aliphatic carbocycles. The quantitative estimate of drug-likeness (QED) is 0.867. The number of fused-ring (bicyclic) bond motifs is 1. The van der Waals surface area contributed by atoms with Crippen LogP contribution in [0.1, 0.15) is 48.2 Å². The number of nitrogens with zero attached hydrogens (tertiary/aromatic N) is 1. The molecular weight excluding hydrogens is 345 g/mol. The summed E-state index contributed by atoms with van der Waals surface area (Å²) in [7, 11) is 0. The Morgan fingerprint density at radius 3 is 2.59 bits per heavy atom. The van der Waals surface area contributed by atoms with Gasteiger partial charge in [0.1, 0.15) is 17.2 Å². The lowest BCUT2D eigenvalue weighted by Gasteiger charge is -2.46. The van der Waals surface area contributed by atoms with Gasteiger partial charge in [-0.25, -0.2) is 4.39 Å². The van der Waals surface area contributed by atoms with Crippen molar-refractivity contribution in [3.63, 3.8) is 0 Å². The first-order valence-electron chi connectivity index (χ1n) is 9.58. The van der Waals surface area contributed by atoms with Crippen LogP contribution in [0.5, 0.6) is 5.75 Å². The number of aliphatic hydroxyl groups excluding tert-OH is 2. The number of hydrogen-bond acceptors (Lipinski definition) is 4. The Morgan fingerprint density at radius 1 is 1.19 bits per heavy atom. The number of piperidine rings is 1. The lowest BCUT2D eigenvalue weighted by atomic mass is 9.81. The third-order valence-electron chi connectivity index (χ3n) is 5.87. The van der Waals surface area contributed by atoms with Gasteiger partial charge >= 0.3 is 0 Å². The fraction of sp³-hybridized carbons (Fsp3) is 0.455. The molecule has 0 aromatic heterocycles. The van der Waals surface area contributed by atoms with E-state index in [-0.39, 0.29) is 11.4 Å². The van der Waals surface area contributed by atoms with E-state index in [1.165, 1.54) is 12.1 Å². The number of benzene rings is 2. The average molecular weight is 371 g/mol. The molecule has 4 nitrogen and oxygen atoms in total. The molecule has 0 bridgehead atoms. The number of aryl methyl sites for hydroxylation is 1. The van der Waals surface area contributed by atoms with Gasteiger partial charge in [0.25, 0.3) is 0 Å². The Morgan fingerprint density at radius 2 is 1.89 bits per heavy atom. The van der Waals surface area contributed by atoms with E-state index in [9.17, 15) is 14.6 Å². The smallest absolute Gasteiger partial charge is 0.125 e. The van der Waals surface area contributed by atoms with Crippen LogP contribution in [0.3, 0.4) is 0 Å². The summed E-state index contributed by atoms with van der Waals surface area (Å²) in [5.74, 6) is 0.494. The molecule has 2 aromatic carbocycles. The third-order valence-corrected chi connectivity index (χ3v) is 5.87. The van der Waals surface area contributed by atoms with Crippen molar-refractivity contribution in [2.45, 2.75) is 44.0 Å². The van der Waals surface area contributed by atoms with Crippen LogP contribution in [0.15, 0.2) is 42.5 Å². The maximum absolute atomic E-state index is 13.0. The first kappa shape index (κ1) is 18.4. The highest BCUT2D eigenvalue weighted by atomic mass is 19.1. The molecule has 2 N–H and O–H groups in total. The fourth-order valence-corrected chi connectivity index (χ4v) is 4.24. The molecule has 0 radical (unpaired) electrons. The summed E-state index contributed by atoms with van der Waals surface area (Å²) in [5.41, 5.74) is 2.40. The van der Waals surface area contributed by atoms with Crippen LogP contribution >= 0.6 is 0 Å². The predicted molar refractivity (Wildman–Crippen MR) is 101 cm³/mol. The Bertz CT molecular complexity index is 800. The standard InChI is InChI=1S/C22H26FNO3/c1-15-2-7-21-18(12-15)19(25)13-22(27-21)8-10-24(11-9-22)14-20(26)16-3-5-17(23)6-4-16/h2-7,12,19-20,25-26H,8-11,13-14H2,1H3/t19-,20+/m1/s1. The number of β-amino-alcohol motifs (C(OH)–C–C–N with tert-alkyl or cyclic N) is 1. The second kappa shape index (κ2) is 7.23. The van der Waals surface area contributed by atoms with E-state index < -0.39 is 12.2 Å². The van der Waals surface area contributed by atoms with E-state index >= 15 is 0 Å². The molecule has 2 aliphatic heterocycles. The van der Waals surface area contributed by atoms with Gasteiger partial charge in [0.15, 0.2) is 0 Å². The second-order valence-electron chi connectivity index (χ2n) is 7.91. The Labute approximate surface area is 159 Å². The normalized spacial score (nSPS) is 22.9. The molecule has 0 saturated carbocycles. The molecule has 2 aliphatic rings. The summed E-state index contributed by atoms with van der Waals surface area (Å²) in [6.45, 7) is 4.13. The lowest BCUT2D eigenvalue weighted by molar-refractivity contribution is -0.0588. The molecule has 2 heterocycles. The highest BCUT2D eigenvalue weighted by molar-refractivity contribution is 5.41. The number of likely N-dealkylation sites (tertiary alicyclic amines) is 1. The van der Waals surface area contributed by atoms with Gasteiger partial charge in [-0.3, -0.25) is 0 Å². The van der Waals surface area contributed by atoms with Gasteiger partial charge in [0.2, 0.25) is 0 Å². The maximum atomic E-state index is 13.0. The third kappa shape index (κ3) is 3.86. The minimum atomic E-state index is -0.638. The van der Waals surface area contributed by atoms with Gasteiger partial charge in [-0.1, -0.05) is 23.8 Å². The molecular formula is C22H26FNO3. The van der Waals surface area contributed by atoms with Gasteiger partial charge in [-0.05, 0) is 49.6 Å². The van der Waals surface area contributed by atoms with Crippen LogP contribution in [0.25, 0.3) is 0 Å². The van der Waals surface area contributed by atoms with Crippen molar-refractivity contribution in [3.05, 3.63) is 65.0 Å². The van der Waals surface area contributed by atoms with E-state index in [0.717, 1.165) is 48.4 Å². The van der Waals surface area contributed by atoms with Crippen molar-refractivity contribution in [1.29, 1.82) is 0 Å². The van der Waals surface area contributed by atoms with Crippen molar-refractivity contribution in [3.8, 4) is 5.75 Å². The zero-order chi connectivity index (χ0) is 19.0. The fourth-order valence-electron chi connectivity index (χ4n) is 4.24. The molecule has 1 spiro atoms. The van der Waals surface area contributed by atoms with Crippen LogP contribution in [0, 0.1) is 12.7 Å². The molecule has 1 fully saturated rings. The monoisotopic (exact) mass is 371 g/mol. The van der Waals surface area contributed by atoms with Gasteiger partial charge in [0, 0.05) is 31.6 Å². The van der Waals surface area contributed by atoms with Gasteiger partial charge < -0.3 is 19.8 Å². The first-order chi connectivity index (χ1) is 12.9. The van der Waals surface area contributed by atoms with E-state index in [0.29, 0.717) is 13.0 Å². The van der Waals surface area contributed by atoms with E-state index in [1.807, 2.05) is 25.1 Å². The highest BCUT2D eigenvalue weighted by Gasteiger charge is 2.43. The van der Waals surface area contributed by atoms with Gasteiger partial charge in [-0.15, -0.1) is 0 Å². The second-order valence-corrected chi connectivity index (χ2v) is 7.91. The number of ether oxygens (including phenoxy) is 1. The minimum absolute atomic E-state index is 0.297. The lowest BCUT2D eigenvalue weighted by Crippen LogP contribution is -2.51. The Hall–Kier alpha value is -1.95. The summed E-state index contributed by atoms with van der Waals surface area (Å²) in [6.07, 6.45) is 1.10. The van der Waals surface area contributed by atoms with E-state index in [2.05, 4.69) is 4.90 Å². The average Bonchev–Trinajstić information content (AvgIpc) is 2.65. The minimum Gasteiger partial charge on any atom is -0.487 e. The zero-order valence-corrected chi connectivity index (χ0v) is 15.6. The number of aliphatic hydroxyl groups is 2. The first-order valence-corrected chi connectivity index (χ1v) is 9.58. The van der Waals surface area contributed by atoms with Crippen molar-refractivity contribution in [2.24, 2.45) is 0 Å². The SMILES string of the molecule is Cc1ccc2c(c1)[C@H](O)CC1(CCN(C[C@H](O)c3ccc(F)cc3)CC1)O2. The molecule has 2 atom stereocenters. The molecule has 27 heavy (non-hydrogen) atoms. The largest absolute Gasteiger partial charge is 0.487 e. The predicted octanol–water partition coefficient (Wildman–Crippen LogP) is 3.52.